The quantitative estimate of drug-likeness (QED) is 0.115. The predicted molar refractivity (Wildman–Crippen MR) is 142 cm³/mol. The van der Waals surface area contributed by atoms with Crippen molar-refractivity contribution in [3.8, 4) is 11.5 Å². The van der Waals surface area contributed by atoms with Gasteiger partial charge < -0.3 is 55.1 Å². The van der Waals surface area contributed by atoms with Crippen LogP contribution in [0.3, 0.4) is 0 Å². The van der Waals surface area contributed by atoms with E-state index in [1.165, 1.54) is 6.07 Å². The molecule has 1 amide bonds. The van der Waals surface area contributed by atoms with Gasteiger partial charge >= 0.3 is 17.9 Å². The third-order valence-corrected chi connectivity index (χ3v) is 9.00. The van der Waals surface area contributed by atoms with Gasteiger partial charge in [-0.05, 0) is 51.1 Å². The van der Waals surface area contributed by atoms with Crippen molar-refractivity contribution in [1.29, 1.82) is 0 Å². The lowest BCUT2D eigenvalue weighted by atomic mass is 9.50. The number of ether oxygens (including phenoxy) is 3. The first-order valence-corrected chi connectivity index (χ1v) is 13.8. The van der Waals surface area contributed by atoms with Crippen LogP contribution in [0, 0.1) is 0 Å². The third kappa shape index (κ3) is 5.00. The van der Waals surface area contributed by atoms with E-state index in [-0.39, 0.29) is 29.7 Å². The summed E-state index contributed by atoms with van der Waals surface area (Å²) in [5.41, 5.74) is -0.628. The van der Waals surface area contributed by atoms with Gasteiger partial charge in [0, 0.05) is 18.0 Å². The SMILES string of the molecule is C[C@H](OC(O)[C@@H](O)CC(=O)OC1=CC[C@@]2(O)[C@H]3Cc4ccc(O)c5c4C2(CCN3C)[C@H]1O5)C(=O)N[C@@H](CC(=O)O)C(=O)O. The summed E-state index contributed by atoms with van der Waals surface area (Å²) in [6, 6.07) is 1.35. The van der Waals surface area contributed by atoms with E-state index in [0.29, 0.717) is 24.9 Å². The number of phenolic OH excluding ortho intramolecular Hbond substituents is 1. The minimum absolute atomic E-state index is 0.0925. The third-order valence-electron chi connectivity index (χ3n) is 9.00. The summed E-state index contributed by atoms with van der Waals surface area (Å²) < 4.78 is 16.8. The Morgan fingerprint density at radius 3 is 2.58 bits per heavy atom. The van der Waals surface area contributed by atoms with Gasteiger partial charge in [-0.15, -0.1) is 0 Å². The number of aromatic hydroxyl groups is 1. The highest BCUT2D eigenvalue weighted by atomic mass is 16.6. The van der Waals surface area contributed by atoms with Crippen LogP contribution in [-0.4, -0.2) is 115 Å². The minimum atomic E-state index is -2.07. The fourth-order valence-corrected chi connectivity index (χ4v) is 6.91. The number of aliphatic hydroxyl groups is 3. The van der Waals surface area contributed by atoms with E-state index in [4.69, 9.17) is 24.4 Å². The average Bonchev–Trinajstić information content (AvgIpc) is 3.29. The number of carbonyl (C=O) groups excluding carboxylic acids is 2. The summed E-state index contributed by atoms with van der Waals surface area (Å²) in [7, 11) is 1.94. The minimum Gasteiger partial charge on any atom is -0.504 e. The number of aliphatic hydroxyl groups excluding tert-OH is 2. The summed E-state index contributed by atoms with van der Waals surface area (Å²) in [4.78, 5) is 49.3. The Morgan fingerprint density at radius 1 is 1.19 bits per heavy atom. The Hall–Kier alpha value is -3.76. The Kier molecular flexibility index (Phi) is 7.89. The van der Waals surface area contributed by atoms with Crippen molar-refractivity contribution < 1.29 is 64.0 Å². The summed E-state index contributed by atoms with van der Waals surface area (Å²) in [6.45, 7) is 1.76. The number of carboxylic acid groups (broad SMARTS) is 2. The smallest absolute Gasteiger partial charge is 0.326 e. The number of rotatable bonds is 11. The second kappa shape index (κ2) is 11.1. The van der Waals surface area contributed by atoms with Crippen molar-refractivity contribution in [2.45, 2.75) is 86.7 Å². The van der Waals surface area contributed by atoms with Crippen molar-refractivity contribution in [2.75, 3.05) is 13.6 Å². The number of nitrogens with zero attached hydrogens (tertiary/aromatic N) is 1. The monoisotopic (exact) mass is 606 g/mol. The van der Waals surface area contributed by atoms with E-state index in [9.17, 15) is 39.6 Å². The molecule has 8 atom stereocenters. The van der Waals surface area contributed by atoms with E-state index in [1.807, 2.05) is 18.4 Å². The number of phenols is 1. The van der Waals surface area contributed by atoms with Crippen LogP contribution in [0.4, 0.5) is 0 Å². The maximum atomic E-state index is 12.9. The summed E-state index contributed by atoms with van der Waals surface area (Å²) in [5.74, 6) is -4.86. The number of carboxylic acids is 2. The number of hydrogen-bond acceptors (Lipinski definition) is 12. The second-order valence-corrected chi connectivity index (χ2v) is 11.5. The van der Waals surface area contributed by atoms with Crippen molar-refractivity contribution in [2.24, 2.45) is 0 Å². The Labute approximate surface area is 245 Å². The molecule has 1 aromatic carbocycles. The van der Waals surface area contributed by atoms with Crippen LogP contribution in [0.15, 0.2) is 24.0 Å². The molecule has 2 aliphatic heterocycles. The molecule has 0 saturated carbocycles. The molecule has 2 bridgehead atoms. The number of carbonyl (C=O) groups is 4. The van der Waals surface area contributed by atoms with Crippen LogP contribution >= 0.6 is 0 Å². The number of amides is 1. The average molecular weight is 607 g/mol. The van der Waals surface area contributed by atoms with Crippen molar-refractivity contribution in [3.05, 3.63) is 35.1 Å². The van der Waals surface area contributed by atoms with E-state index in [0.717, 1.165) is 12.5 Å². The van der Waals surface area contributed by atoms with Crippen LogP contribution < -0.4 is 10.1 Å². The molecule has 2 unspecified atom stereocenters. The number of hydrogen-bond donors (Lipinski definition) is 7. The fraction of sp³-hybridized carbons (Fsp3) is 0.571. The molecule has 7 N–H and O–H groups in total. The zero-order valence-electron chi connectivity index (χ0n) is 23.4. The van der Waals surface area contributed by atoms with Gasteiger partial charge in [-0.1, -0.05) is 6.07 Å². The second-order valence-electron chi connectivity index (χ2n) is 11.5. The number of benzene rings is 1. The highest BCUT2D eigenvalue weighted by Gasteiger charge is 2.72. The van der Waals surface area contributed by atoms with Crippen LogP contribution in [0.5, 0.6) is 11.5 Å². The first-order valence-electron chi connectivity index (χ1n) is 13.8. The lowest BCUT2D eigenvalue weighted by Crippen LogP contribution is -2.74. The van der Waals surface area contributed by atoms with Gasteiger partial charge in [0.25, 0.3) is 0 Å². The molecule has 234 valence electrons. The lowest BCUT2D eigenvalue weighted by Gasteiger charge is -2.61. The molecular formula is C28H34N2O13. The predicted octanol–water partition coefficient (Wildman–Crippen LogP) is -1.27. The number of piperidine rings is 1. The highest BCUT2D eigenvalue weighted by Crippen LogP contribution is 2.65. The Morgan fingerprint density at radius 2 is 1.91 bits per heavy atom. The van der Waals surface area contributed by atoms with Crippen molar-refractivity contribution in [3.63, 3.8) is 0 Å². The molecule has 1 fully saturated rings. The molecule has 2 heterocycles. The Bertz CT molecular complexity index is 1380. The van der Waals surface area contributed by atoms with Crippen LogP contribution in [-0.2, 0) is 40.5 Å². The number of esters is 1. The zero-order valence-corrected chi connectivity index (χ0v) is 23.4. The first-order chi connectivity index (χ1) is 20.2. The standard InChI is InChI=1S/C28H34N2O13/c1-12(24(36)29-14(25(37)38)10-19(33)34)41-26(39)16(32)11-20(35)42-17-5-6-28(40)18-9-13-3-4-15(31)22-21(13)27(28,23(17)43-22)7-8-30(18)2/h3-5,12,14,16,18,23,26,31-32,39-40H,6-11H2,1-2H3,(H,29,36)(H,33,34)(H,37,38)/t12-,14-,16-,18+,23-,26?,27?,28+/m0/s1. The fourth-order valence-electron chi connectivity index (χ4n) is 6.91. The van der Waals surface area contributed by atoms with Gasteiger partial charge in [0.15, 0.2) is 23.9 Å². The van der Waals surface area contributed by atoms with E-state index in [1.54, 1.807) is 6.08 Å². The molecule has 1 aromatic rings. The molecule has 2 aliphatic carbocycles. The van der Waals surface area contributed by atoms with Gasteiger partial charge in [-0.2, -0.15) is 0 Å². The largest absolute Gasteiger partial charge is 0.504 e. The molecule has 5 rings (SSSR count). The molecule has 1 spiro atoms. The highest BCUT2D eigenvalue weighted by molar-refractivity contribution is 5.88. The molecule has 1 saturated heterocycles. The molecule has 15 nitrogen and oxygen atoms in total. The van der Waals surface area contributed by atoms with Crippen LogP contribution in [0.1, 0.15) is 43.7 Å². The van der Waals surface area contributed by atoms with Crippen molar-refractivity contribution in [1.82, 2.24) is 10.2 Å². The lowest BCUT2D eigenvalue weighted by molar-refractivity contribution is -0.194. The van der Waals surface area contributed by atoms with Gasteiger partial charge in [-0.25, -0.2) is 4.79 Å². The molecule has 0 aromatic heterocycles. The number of likely N-dealkylation sites (tertiary alicyclic amines) is 1. The number of likely N-dealkylation sites (N-methyl/N-ethyl adjacent to an activating group) is 1. The van der Waals surface area contributed by atoms with Gasteiger partial charge in [0.1, 0.15) is 24.0 Å². The van der Waals surface area contributed by atoms with E-state index >= 15 is 0 Å². The maximum Gasteiger partial charge on any atom is 0.326 e. The number of aliphatic carboxylic acids is 2. The Balaban J connectivity index is 1.26. The molecule has 0 radical (unpaired) electrons. The van der Waals surface area contributed by atoms with E-state index in [2.05, 4.69) is 4.90 Å². The summed E-state index contributed by atoms with van der Waals surface area (Å²) >= 11 is 0. The maximum absolute atomic E-state index is 12.9. The number of nitrogens with one attached hydrogen (secondary N) is 1. The van der Waals surface area contributed by atoms with Crippen LogP contribution in [0.2, 0.25) is 0 Å². The van der Waals surface area contributed by atoms with Crippen LogP contribution in [0.25, 0.3) is 0 Å². The summed E-state index contributed by atoms with van der Waals surface area (Å²) in [5, 5.41) is 63.2. The first kappa shape index (κ1) is 30.7. The summed E-state index contributed by atoms with van der Waals surface area (Å²) in [6.07, 6.45) is -5.36. The van der Waals surface area contributed by atoms with Gasteiger partial charge in [-0.3, -0.25) is 14.4 Å². The molecular weight excluding hydrogens is 572 g/mol. The topological polar surface area (TPSA) is 233 Å². The zero-order chi connectivity index (χ0) is 31.4. The van der Waals surface area contributed by atoms with Gasteiger partial charge in [0.05, 0.1) is 23.9 Å². The molecule has 15 heteroatoms. The molecule has 4 aliphatic rings. The van der Waals surface area contributed by atoms with Crippen molar-refractivity contribution >= 4 is 23.8 Å². The van der Waals surface area contributed by atoms with E-state index < -0.39 is 78.3 Å². The van der Waals surface area contributed by atoms with Gasteiger partial charge in [0.2, 0.25) is 5.91 Å². The molecule has 43 heavy (non-hydrogen) atoms. The normalized spacial score (nSPS) is 29.7.